The highest BCUT2D eigenvalue weighted by Crippen LogP contribution is 2.27. The standard InChI is InChI=1S/C20H26N2O/c1-13(2)17-7-5-6-15(4)20(17)22-19(23)11-10-16-9-8-14(3)18(21)12-16/h5-9,12-13H,10-11,21H2,1-4H3,(H,22,23). The van der Waals surface area contributed by atoms with Crippen molar-refractivity contribution >= 4 is 17.3 Å². The van der Waals surface area contributed by atoms with Gasteiger partial charge in [-0.25, -0.2) is 0 Å². The molecular weight excluding hydrogens is 284 g/mol. The summed E-state index contributed by atoms with van der Waals surface area (Å²) in [6, 6.07) is 12.1. The molecule has 0 atom stereocenters. The molecule has 2 rings (SSSR count). The maximum absolute atomic E-state index is 12.3. The third-order valence-corrected chi connectivity index (χ3v) is 4.18. The van der Waals surface area contributed by atoms with Gasteiger partial charge in [0.2, 0.25) is 5.91 Å². The lowest BCUT2D eigenvalue weighted by Gasteiger charge is -2.16. The molecule has 0 saturated carbocycles. The van der Waals surface area contributed by atoms with E-state index < -0.39 is 0 Å². The molecule has 0 aliphatic rings. The molecule has 23 heavy (non-hydrogen) atoms. The van der Waals surface area contributed by atoms with Crippen LogP contribution in [0.5, 0.6) is 0 Å². The van der Waals surface area contributed by atoms with Gasteiger partial charge in [0, 0.05) is 17.8 Å². The van der Waals surface area contributed by atoms with E-state index in [9.17, 15) is 4.79 Å². The number of carbonyl (C=O) groups excluding carboxylic acids is 1. The normalized spacial score (nSPS) is 10.8. The molecule has 3 heteroatoms. The summed E-state index contributed by atoms with van der Waals surface area (Å²) in [5.41, 5.74) is 12.1. The van der Waals surface area contributed by atoms with Crippen molar-refractivity contribution in [1.82, 2.24) is 0 Å². The predicted octanol–water partition coefficient (Wildman–Crippen LogP) is 4.58. The molecule has 0 bridgehead atoms. The Balaban J connectivity index is 2.04. The Morgan fingerprint density at radius 2 is 1.87 bits per heavy atom. The number of nitrogen functional groups attached to an aromatic ring is 1. The number of hydrogen-bond donors (Lipinski definition) is 2. The highest BCUT2D eigenvalue weighted by molar-refractivity contribution is 5.92. The second-order valence-corrected chi connectivity index (χ2v) is 6.43. The van der Waals surface area contributed by atoms with E-state index in [0.717, 1.165) is 28.1 Å². The number of aryl methyl sites for hydroxylation is 3. The summed E-state index contributed by atoms with van der Waals surface area (Å²) in [6.45, 7) is 8.29. The molecule has 0 aliphatic carbocycles. The molecule has 0 fully saturated rings. The number of nitrogens with two attached hydrogens (primary N) is 1. The van der Waals surface area contributed by atoms with Crippen LogP contribution in [0.15, 0.2) is 36.4 Å². The Hall–Kier alpha value is -2.29. The van der Waals surface area contributed by atoms with Crippen LogP contribution in [0.4, 0.5) is 11.4 Å². The van der Waals surface area contributed by atoms with Crippen molar-refractivity contribution in [3.63, 3.8) is 0 Å². The number of anilines is 2. The fourth-order valence-corrected chi connectivity index (χ4v) is 2.65. The Morgan fingerprint density at radius 3 is 2.52 bits per heavy atom. The summed E-state index contributed by atoms with van der Waals surface area (Å²) in [7, 11) is 0. The van der Waals surface area contributed by atoms with Crippen LogP contribution in [0, 0.1) is 13.8 Å². The molecule has 0 aromatic heterocycles. The van der Waals surface area contributed by atoms with Crippen LogP contribution in [0.3, 0.4) is 0 Å². The van der Waals surface area contributed by atoms with Gasteiger partial charge in [0.15, 0.2) is 0 Å². The summed E-state index contributed by atoms with van der Waals surface area (Å²) in [4.78, 5) is 12.3. The molecule has 0 aliphatic heterocycles. The molecular formula is C20H26N2O. The summed E-state index contributed by atoms with van der Waals surface area (Å²) < 4.78 is 0. The monoisotopic (exact) mass is 310 g/mol. The lowest BCUT2D eigenvalue weighted by Crippen LogP contribution is -2.15. The third-order valence-electron chi connectivity index (χ3n) is 4.18. The zero-order valence-electron chi connectivity index (χ0n) is 14.4. The van der Waals surface area contributed by atoms with Crippen molar-refractivity contribution in [1.29, 1.82) is 0 Å². The van der Waals surface area contributed by atoms with Crippen LogP contribution in [0.25, 0.3) is 0 Å². The Morgan fingerprint density at radius 1 is 1.13 bits per heavy atom. The maximum atomic E-state index is 12.3. The van der Waals surface area contributed by atoms with Gasteiger partial charge in [0.05, 0.1) is 0 Å². The number of para-hydroxylation sites is 1. The average Bonchev–Trinajstić information content (AvgIpc) is 2.50. The molecule has 2 aromatic rings. The summed E-state index contributed by atoms with van der Waals surface area (Å²) in [5, 5.41) is 3.09. The fourth-order valence-electron chi connectivity index (χ4n) is 2.65. The van der Waals surface area contributed by atoms with Crippen molar-refractivity contribution in [2.45, 2.75) is 46.5 Å². The largest absolute Gasteiger partial charge is 0.399 e. The van der Waals surface area contributed by atoms with Gasteiger partial charge in [0.25, 0.3) is 0 Å². The van der Waals surface area contributed by atoms with Crippen LogP contribution in [-0.2, 0) is 11.2 Å². The van der Waals surface area contributed by atoms with Gasteiger partial charge < -0.3 is 11.1 Å². The first-order valence-electron chi connectivity index (χ1n) is 8.13. The molecule has 3 N–H and O–H groups in total. The number of carbonyl (C=O) groups is 1. The van der Waals surface area contributed by atoms with Gasteiger partial charge in [-0.2, -0.15) is 0 Å². The first kappa shape index (κ1) is 17.1. The Bertz CT molecular complexity index is 705. The van der Waals surface area contributed by atoms with E-state index in [1.54, 1.807) is 0 Å². The second kappa shape index (κ2) is 7.32. The van der Waals surface area contributed by atoms with E-state index in [1.165, 1.54) is 5.56 Å². The Labute approximate surface area is 138 Å². The number of benzene rings is 2. The van der Waals surface area contributed by atoms with Crippen molar-refractivity contribution < 1.29 is 4.79 Å². The number of nitrogens with one attached hydrogen (secondary N) is 1. The molecule has 0 radical (unpaired) electrons. The smallest absolute Gasteiger partial charge is 0.224 e. The molecule has 2 aromatic carbocycles. The Kier molecular flexibility index (Phi) is 5.43. The van der Waals surface area contributed by atoms with Crippen molar-refractivity contribution in [2.24, 2.45) is 0 Å². The molecule has 122 valence electrons. The van der Waals surface area contributed by atoms with Crippen molar-refractivity contribution in [3.05, 3.63) is 58.7 Å². The summed E-state index contributed by atoms with van der Waals surface area (Å²) >= 11 is 0. The van der Waals surface area contributed by atoms with Gasteiger partial charge in [-0.15, -0.1) is 0 Å². The molecule has 0 saturated heterocycles. The topological polar surface area (TPSA) is 55.1 Å². The zero-order chi connectivity index (χ0) is 17.0. The van der Waals surface area contributed by atoms with Gasteiger partial charge in [-0.05, 0) is 54.5 Å². The first-order chi connectivity index (χ1) is 10.9. The molecule has 0 heterocycles. The molecule has 3 nitrogen and oxygen atoms in total. The van der Waals surface area contributed by atoms with E-state index in [1.807, 2.05) is 44.2 Å². The second-order valence-electron chi connectivity index (χ2n) is 6.43. The van der Waals surface area contributed by atoms with E-state index in [0.29, 0.717) is 18.8 Å². The zero-order valence-corrected chi connectivity index (χ0v) is 14.4. The lowest BCUT2D eigenvalue weighted by atomic mass is 9.98. The van der Waals surface area contributed by atoms with Crippen LogP contribution in [0.2, 0.25) is 0 Å². The van der Waals surface area contributed by atoms with Crippen LogP contribution >= 0.6 is 0 Å². The quantitative estimate of drug-likeness (QED) is 0.794. The van der Waals surface area contributed by atoms with E-state index in [-0.39, 0.29) is 5.91 Å². The molecule has 0 spiro atoms. The molecule has 0 unspecified atom stereocenters. The van der Waals surface area contributed by atoms with Crippen molar-refractivity contribution in [3.8, 4) is 0 Å². The lowest BCUT2D eigenvalue weighted by molar-refractivity contribution is -0.116. The van der Waals surface area contributed by atoms with E-state index >= 15 is 0 Å². The van der Waals surface area contributed by atoms with Crippen molar-refractivity contribution in [2.75, 3.05) is 11.1 Å². The molecule has 1 amide bonds. The van der Waals surface area contributed by atoms with Gasteiger partial charge in [-0.3, -0.25) is 4.79 Å². The number of rotatable bonds is 5. The van der Waals surface area contributed by atoms with Crippen LogP contribution < -0.4 is 11.1 Å². The van der Waals surface area contributed by atoms with Crippen LogP contribution in [0.1, 0.15) is 48.4 Å². The summed E-state index contributed by atoms with van der Waals surface area (Å²) in [6.07, 6.45) is 1.15. The SMILES string of the molecule is Cc1ccc(CCC(=O)Nc2c(C)cccc2C(C)C)cc1N. The van der Waals surface area contributed by atoms with Gasteiger partial charge in [-0.1, -0.05) is 44.2 Å². The average molecular weight is 310 g/mol. The van der Waals surface area contributed by atoms with Gasteiger partial charge >= 0.3 is 0 Å². The number of hydrogen-bond acceptors (Lipinski definition) is 2. The number of amides is 1. The van der Waals surface area contributed by atoms with Gasteiger partial charge in [0.1, 0.15) is 0 Å². The highest BCUT2D eigenvalue weighted by Gasteiger charge is 2.12. The van der Waals surface area contributed by atoms with Crippen LogP contribution in [-0.4, -0.2) is 5.91 Å². The minimum atomic E-state index is 0.0420. The minimum absolute atomic E-state index is 0.0420. The highest BCUT2D eigenvalue weighted by atomic mass is 16.1. The van der Waals surface area contributed by atoms with E-state index in [2.05, 4.69) is 25.2 Å². The third kappa shape index (κ3) is 4.35. The fraction of sp³-hybridized carbons (Fsp3) is 0.350. The first-order valence-corrected chi connectivity index (χ1v) is 8.13. The maximum Gasteiger partial charge on any atom is 0.224 e. The summed E-state index contributed by atoms with van der Waals surface area (Å²) in [5.74, 6) is 0.419. The minimum Gasteiger partial charge on any atom is -0.399 e. The predicted molar refractivity (Wildman–Crippen MR) is 97.8 cm³/mol. The van der Waals surface area contributed by atoms with E-state index in [4.69, 9.17) is 5.73 Å².